The van der Waals surface area contributed by atoms with Crippen LogP contribution in [-0.4, -0.2) is 43.8 Å². The molecule has 2 aromatic rings. The molecule has 0 aliphatic carbocycles. The van der Waals surface area contributed by atoms with Gasteiger partial charge in [0, 0.05) is 36.2 Å². The molecule has 0 radical (unpaired) electrons. The minimum absolute atomic E-state index is 0.100. The van der Waals surface area contributed by atoms with Gasteiger partial charge in [-0.15, -0.1) is 23.5 Å². The van der Waals surface area contributed by atoms with Crippen LogP contribution in [0.4, 0.5) is 5.69 Å². The Morgan fingerprint density at radius 3 is 2.68 bits per heavy atom. The first-order valence-electron chi connectivity index (χ1n) is 9.95. The molecule has 3 aliphatic rings. The summed E-state index contributed by atoms with van der Waals surface area (Å²) < 4.78 is 22.2. The molecule has 1 amide bonds. The number of esters is 1. The van der Waals surface area contributed by atoms with Crippen molar-refractivity contribution in [3.63, 3.8) is 0 Å². The van der Waals surface area contributed by atoms with Crippen LogP contribution in [0.3, 0.4) is 0 Å². The van der Waals surface area contributed by atoms with Gasteiger partial charge in [-0.25, -0.2) is 0 Å². The van der Waals surface area contributed by atoms with E-state index >= 15 is 0 Å². The molecule has 0 aromatic heterocycles. The fourth-order valence-corrected chi connectivity index (χ4v) is 6.66. The largest absolute Gasteiger partial charge is 0.493 e. The van der Waals surface area contributed by atoms with Crippen molar-refractivity contribution in [2.45, 2.75) is 11.0 Å². The highest BCUT2D eigenvalue weighted by Crippen LogP contribution is 2.47. The van der Waals surface area contributed by atoms with E-state index in [1.54, 1.807) is 36.3 Å². The zero-order chi connectivity index (χ0) is 21.4. The van der Waals surface area contributed by atoms with Crippen molar-refractivity contribution < 1.29 is 28.5 Å². The van der Waals surface area contributed by atoms with Crippen LogP contribution in [0.25, 0.3) is 0 Å². The molecule has 2 fully saturated rings. The predicted octanol–water partition coefficient (Wildman–Crippen LogP) is 3.86. The van der Waals surface area contributed by atoms with E-state index < -0.39 is 11.9 Å². The van der Waals surface area contributed by atoms with E-state index in [2.05, 4.69) is 0 Å². The van der Waals surface area contributed by atoms with E-state index in [9.17, 15) is 9.59 Å². The van der Waals surface area contributed by atoms with Gasteiger partial charge in [0.05, 0.1) is 17.6 Å². The van der Waals surface area contributed by atoms with Gasteiger partial charge in [0.2, 0.25) is 12.7 Å². The number of amides is 1. The maximum Gasteiger partial charge on any atom is 0.316 e. The Bertz CT molecular complexity index is 1020. The molecule has 2 aromatic carbocycles. The maximum absolute atomic E-state index is 12.8. The SMILES string of the molecule is COc1cc(C2SCCS2)ccc1OC(=O)C1CC(=O)N(c2ccc3c(c2)OCO3)C1. The van der Waals surface area contributed by atoms with Crippen LogP contribution >= 0.6 is 23.5 Å². The first-order valence-corrected chi connectivity index (χ1v) is 12.0. The topological polar surface area (TPSA) is 74.3 Å². The van der Waals surface area contributed by atoms with Gasteiger partial charge in [0.25, 0.3) is 0 Å². The second-order valence-corrected chi connectivity index (χ2v) is 10.1. The number of benzene rings is 2. The average molecular weight is 460 g/mol. The number of methoxy groups -OCH3 is 1. The summed E-state index contributed by atoms with van der Waals surface area (Å²) in [6, 6.07) is 11.0. The second kappa shape index (κ2) is 8.55. The molecule has 1 atom stereocenters. The number of hydrogen-bond donors (Lipinski definition) is 0. The highest BCUT2D eigenvalue weighted by atomic mass is 32.2. The average Bonchev–Trinajstić information content (AvgIpc) is 3.54. The van der Waals surface area contributed by atoms with Crippen LogP contribution < -0.4 is 23.8 Å². The Morgan fingerprint density at radius 1 is 1.06 bits per heavy atom. The lowest BCUT2D eigenvalue weighted by Crippen LogP contribution is -2.27. The number of hydrogen-bond acceptors (Lipinski definition) is 8. The molecule has 0 N–H and O–H groups in total. The van der Waals surface area contributed by atoms with Gasteiger partial charge in [-0.05, 0) is 29.8 Å². The number of nitrogens with zero attached hydrogens (tertiary/aromatic N) is 1. The van der Waals surface area contributed by atoms with Crippen molar-refractivity contribution in [2.75, 3.05) is 36.9 Å². The third kappa shape index (κ3) is 4.04. The minimum atomic E-state index is -0.553. The minimum Gasteiger partial charge on any atom is -0.493 e. The molecule has 0 saturated carbocycles. The highest BCUT2D eigenvalue weighted by molar-refractivity contribution is 8.19. The Kier molecular flexibility index (Phi) is 5.62. The Hall–Kier alpha value is -2.52. The van der Waals surface area contributed by atoms with Gasteiger partial charge in [-0.1, -0.05) is 6.07 Å². The third-order valence-corrected chi connectivity index (χ3v) is 8.52. The summed E-state index contributed by atoms with van der Waals surface area (Å²) in [5.74, 6) is 3.28. The lowest BCUT2D eigenvalue weighted by Gasteiger charge is -2.17. The molecule has 7 nitrogen and oxygen atoms in total. The summed E-state index contributed by atoms with van der Waals surface area (Å²) in [6.45, 7) is 0.424. The molecule has 1 unspecified atom stereocenters. The molecule has 0 spiro atoms. The van der Waals surface area contributed by atoms with E-state index in [0.29, 0.717) is 33.3 Å². The van der Waals surface area contributed by atoms with Crippen molar-refractivity contribution in [2.24, 2.45) is 5.92 Å². The van der Waals surface area contributed by atoms with Crippen molar-refractivity contribution in [3.8, 4) is 23.0 Å². The molecule has 9 heteroatoms. The summed E-state index contributed by atoms with van der Waals surface area (Å²) in [6.07, 6.45) is 0.100. The summed E-state index contributed by atoms with van der Waals surface area (Å²) >= 11 is 3.80. The van der Waals surface area contributed by atoms with Crippen molar-refractivity contribution >= 4 is 41.1 Å². The Morgan fingerprint density at radius 2 is 1.87 bits per heavy atom. The van der Waals surface area contributed by atoms with Crippen molar-refractivity contribution in [3.05, 3.63) is 42.0 Å². The van der Waals surface area contributed by atoms with Crippen LogP contribution in [0.15, 0.2) is 36.4 Å². The van der Waals surface area contributed by atoms with Gasteiger partial charge in [-0.3, -0.25) is 9.59 Å². The molecule has 3 aliphatic heterocycles. The van der Waals surface area contributed by atoms with Gasteiger partial charge in [0.15, 0.2) is 23.0 Å². The molecular formula is C22H21NO6S2. The molecule has 162 valence electrons. The zero-order valence-corrected chi connectivity index (χ0v) is 18.5. The highest BCUT2D eigenvalue weighted by Gasteiger charge is 2.37. The molecule has 5 rings (SSSR count). The predicted molar refractivity (Wildman–Crippen MR) is 119 cm³/mol. The van der Waals surface area contributed by atoms with Crippen molar-refractivity contribution in [1.82, 2.24) is 0 Å². The van der Waals surface area contributed by atoms with Crippen LogP contribution in [0, 0.1) is 5.92 Å². The van der Waals surface area contributed by atoms with Crippen LogP contribution in [0.2, 0.25) is 0 Å². The smallest absolute Gasteiger partial charge is 0.316 e. The van der Waals surface area contributed by atoms with E-state index in [1.807, 2.05) is 35.7 Å². The van der Waals surface area contributed by atoms with E-state index in [4.69, 9.17) is 18.9 Å². The fourth-order valence-electron chi connectivity index (χ4n) is 3.83. The van der Waals surface area contributed by atoms with Gasteiger partial charge >= 0.3 is 5.97 Å². The summed E-state index contributed by atoms with van der Waals surface area (Å²) in [5.41, 5.74) is 1.83. The van der Waals surface area contributed by atoms with Crippen LogP contribution in [0.5, 0.6) is 23.0 Å². The van der Waals surface area contributed by atoms with Gasteiger partial charge in [-0.2, -0.15) is 0 Å². The standard InChI is InChI=1S/C22H21NO6S2/c1-26-18-8-13(22-30-6-7-31-22)2-4-17(18)29-21(25)14-9-20(24)23(11-14)15-3-5-16-19(10-15)28-12-27-16/h2-5,8,10,14,22H,6-7,9,11-12H2,1H3. The number of carbonyl (C=O) groups excluding carboxylic acids is 2. The maximum atomic E-state index is 12.8. The lowest BCUT2D eigenvalue weighted by atomic mass is 10.1. The van der Waals surface area contributed by atoms with E-state index in [1.165, 1.54) is 0 Å². The first-order chi connectivity index (χ1) is 15.1. The molecule has 31 heavy (non-hydrogen) atoms. The van der Waals surface area contributed by atoms with Gasteiger partial charge in [0.1, 0.15) is 0 Å². The lowest BCUT2D eigenvalue weighted by molar-refractivity contribution is -0.139. The Labute approximate surface area is 188 Å². The number of anilines is 1. The molecular weight excluding hydrogens is 438 g/mol. The number of carbonyl (C=O) groups is 2. The summed E-state index contributed by atoms with van der Waals surface area (Å²) in [4.78, 5) is 27.0. The molecule has 2 saturated heterocycles. The van der Waals surface area contributed by atoms with Crippen molar-refractivity contribution in [1.29, 1.82) is 0 Å². The van der Waals surface area contributed by atoms with E-state index in [-0.39, 0.29) is 25.7 Å². The zero-order valence-electron chi connectivity index (χ0n) is 16.9. The molecule has 3 heterocycles. The number of thioether (sulfide) groups is 2. The van der Waals surface area contributed by atoms with Gasteiger partial charge < -0.3 is 23.8 Å². The third-order valence-electron chi connectivity index (χ3n) is 5.42. The molecule has 0 bridgehead atoms. The second-order valence-electron chi connectivity index (χ2n) is 7.35. The summed E-state index contributed by atoms with van der Waals surface area (Å²) in [7, 11) is 1.56. The number of ether oxygens (including phenoxy) is 4. The van der Waals surface area contributed by atoms with Crippen LogP contribution in [-0.2, 0) is 9.59 Å². The van der Waals surface area contributed by atoms with E-state index in [0.717, 1.165) is 17.1 Å². The summed E-state index contributed by atoms with van der Waals surface area (Å²) in [5, 5.41) is 0. The quantitative estimate of drug-likeness (QED) is 0.493. The number of fused-ring (bicyclic) bond motifs is 1. The number of rotatable bonds is 5. The monoisotopic (exact) mass is 459 g/mol. The fraction of sp³-hybridized carbons (Fsp3) is 0.364. The Balaban J connectivity index is 1.28. The first kappa shape index (κ1) is 20.4. The van der Waals surface area contributed by atoms with Crippen LogP contribution in [0.1, 0.15) is 16.6 Å². The normalized spacial score (nSPS) is 20.4.